The monoisotopic (exact) mass is 354 g/mol. The number of aromatic nitrogens is 1. The highest BCUT2D eigenvalue weighted by atomic mass is 19.4. The lowest BCUT2D eigenvalue weighted by atomic mass is 9.96. The van der Waals surface area contributed by atoms with Gasteiger partial charge in [0.1, 0.15) is 0 Å². The fourth-order valence-corrected chi connectivity index (χ4v) is 3.30. The van der Waals surface area contributed by atoms with E-state index in [0.29, 0.717) is 6.54 Å². The van der Waals surface area contributed by atoms with E-state index in [4.69, 9.17) is 5.11 Å². The van der Waals surface area contributed by atoms with Crippen molar-refractivity contribution in [3.05, 3.63) is 36.5 Å². The molecule has 0 unspecified atom stereocenters. The number of hydrogen-bond donors (Lipinski definition) is 1. The molecule has 134 valence electrons. The van der Waals surface area contributed by atoms with Crippen LogP contribution >= 0.6 is 0 Å². The van der Waals surface area contributed by atoms with Gasteiger partial charge in [-0.2, -0.15) is 13.2 Å². The van der Waals surface area contributed by atoms with E-state index in [1.807, 2.05) is 41.1 Å². The van der Waals surface area contributed by atoms with Crippen LogP contribution in [0.2, 0.25) is 0 Å². The summed E-state index contributed by atoms with van der Waals surface area (Å²) in [5.41, 5.74) is 0.938. The van der Waals surface area contributed by atoms with Gasteiger partial charge in [0.05, 0.1) is 11.8 Å². The van der Waals surface area contributed by atoms with Crippen molar-refractivity contribution >= 4 is 22.8 Å². The first kappa shape index (κ1) is 17.3. The third kappa shape index (κ3) is 3.47. The number of carboxylic acids is 1. The Labute approximate surface area is 141 Å². The van der Waals surface area contributed by atoms with Crippen LogP contribution in [0.4, 0.5) is 13.2 Å². The number of aryl methyl sites for hydroxylation is 1. The normalized spacial score (nSPS) is 21.0. The molecule has 0 aliphatic carbocycles. The number of nitrogens with zero attached hydrogens (tertiary/aromatic N) is 2. The number of para-hydroxylation sites is 1. The summed E-state index contributed by atoms with van der Waals surface area (Å²) in [5, 5.41) is 10.0. The summed E-state index contributed by atoms with van der Waals surface area (Å²) in [6, 6.07) is 9.49. The molecule has 2 atom stereocenters. The van der Waals surface area contributed by atoms with Crippen LogP contribution in [0.15, 0.2) is 36.5 Å². The second kappa shape index (κ2) is 6.42. The molecule has 1 fully saturated rings. The quantitative estimate of drug-likeness (QED) is 0.918. The van der Waals surface area contributed by atoms with E-state index < -0.39 is 43.0 Å². The zero-order valence-corrected chi connectivity index (χ0v) is 13.2. The number of fused-ring (bicyclic) bond motifs is 1. The number of likely N-dealkylation sites (tertiary alicyclic amines) is 1. The molecule has 3 rings (SSSR count). The molecular weight excluding hydrogens is 337 g/mol. The molecule has 2 aromatic rings. The molecule has 0 bridgehead atoms. The average molecular weight is 354 g/mol. The number of rotatable bonds is 4. The van der Waals surface area contributed by atoms with Gasteiger partial charge in [-0.3, -0.25) is 9.59 Å². The summed E-state index contributed by atoms with van der Waals surface area (Å²) in [7, 11) is 0. The highest BCUT2D eigenvalue weighted by Crippen LogP contribution is 2.37. The molecule has 8 heteroatoms. The highest BCUT2D eigenvalue weighted by Gasteiger charge is 2.53. The van der Waals surface area contributed by atoms with Gasteiger partial charge in [-0.1, -0.05) is 18.2 Å². The van der Waals surface area contributed by atoms with Crippen molar-refractivity contribution in [3.63, 3.8) is 0 Å². The molecule has 1 aromatic carbocycles. The lowest BCUT2D eigenvalue weighted by Crippen LogP contribution is -2.34. The van der Waals surface area contributed by atoms with Crippen molar-refractivity contribution in [2.75, 3.05) is 13.1 Å². The molecular formula is C17H17F3N2O3. The van der Waals surface area contributed by atoms with Gasteiger partial charge < -0.3 is 14.6 Å². The number of benzene rings is 1. The number of alkyl halides is 3. The lowest BCUT2D eigenvalue weighted by molar-refractivity contribution is -0.188. The van der Waals surface area contributed by atoms with Crippen LogP contribution in [0.5, 0.6) is 0 Å². The summed E-state index contributed by atoms with van der Waals surface area (Å²) in [4.78, 5) is 24.4. The number of carboxylic acid groups (broad SMARTS) is 1. The standard InChI is InChI=1S/C17H17F3N2O3/c18-17(19,20)13-10-22(9-12(13)16(24)25)15(23)6-8-21-7-5-11-3-1-2-4-14(11)21/h1-5,7,12-13H,6,8-10H2,(H,24,25)/t12-,13-/m1/s1. The number of amides is 1. The summed E-state index contributed by atoms with van der Waals surface area (Å²) in [5.74, 6) is -5.59. The van der Waals surface area contributed by atoms with Crippen LogP contribution in [-0.4, -0.2) is 45.7 Å². The van der Waals surface area contributed by atoms with Crippen LogP contribution in [0.25, 0.3) is 10.9 Å². The van der Waals surface area contributed by atoms with E-state index in [9.17, 15) is 22.8 Å². The van der Waals surface area contributed by atoms with Gasteiger partial charge in [0.25, 0.3) is 0 Å². The maximum absolute atomic E-state index is 13.0. The molecule has 1 aromatic heterocycles. The predicted molar refractivity (Wildman–Crippen MR) is 83.8 cm³/mol. The predicted octanol–water partition coefficient (Wildman–Crippen LogP) is 2.75. The van der Waals surface area contributed by atoms with Gasteiger partial charge in [0, 0.05) is 37.8 Å². The van der Waals surface area contributed by atoms with Crippen LogP contribution in [0, 0.1) is 11.8 Å². The van der Waals surface area contributed by atoms with Gasteiger partial charge in [-0.15, -0.1) is 0 Å². The minimum absolute atomic E-state index is 0.0234. The first-order valence-electron chi connectivity index (χ1n) is 7.88. The Bertz CT molecular complexity index is 800. The molecule has 0 spiro atoms. The van der Waals surface area contributed by atoms with Crippen molar-refractivity contribution < 1.29 is 27.9 Å². The van der Waals surface area contributed by atoms with Crippen molar-refractivity contribution in [1.82, 2.24) is 9.47 Å². The minimum Gasteiger partial charge on any atom is -0.481 e. The molecule has 1 amide bonds. The fourth-order valence-electron chi connectivity index (χ4n) is 3.30. The largest absolute Gasteiger partial charge is 0.481 e. The Hall–Kier alpha value is -2.51. The van der Waals surface area contributed by atoms with Crippen molar-refractivity contribution in [3.8, 4) is 0 Å². The summed E-state index contributed by atoms with van der Waals surface area (Å²) in [6.45, 7) is -0.659. The molecule has 2 heterocycles. The van der Waals surface area contributed by atoms with Gasteiger partial charge in [-0.05, 0) is 17.5 Å². The maximum atomic E-state index is 13.0. The summed E-state index contributed by atoms with van der Waals surface area (Å²) in [6.07, 6.45) is -2.79. The molecule has 1 aliphatic heterocycles. The van der Waals surface area contributed by atoms with E-state index in [0.717, 1.165) is 15.8 Å². The highest BCUT2D eigenvalue weighted by molar-refractivity contribution is 5.81. The SMILES string of the molecule is O=C(O)[C@@H]1CN(C(=O)CCn2ccc3ccccc32)C[C@H]1C(F)(F)F. The average Bonchev–Trinajstić information content (AvgIpc) is 3.17. The van der Waals surface area contributed by atoms with Gasteiger partial charge >= 0.3 is 12.1 Å². The molecule has 1 saturated heterocycles. The third-order valence-corrected chi connectivity index (χ3v) is 4.66. The third-order valence-electron chi connectivity index (χ3n) is 4.66. The zero-order valence-electron chi connectivity index (χ0n) is 13.2. The second-order valence-electron chi connectivity index (χ2n) is 6.21. The molecule has 5 nitrogen and oxygen atoms in total. The second-order valence-corrected chi connectivity index (χ2v) is 6.21. The molecule has 25 heavy (non-hydrogen) atoms. The topological polar surface area (TPSA) is 62.5 Å². The Balaban J connectivity index is 1.66. The number of carbonyl (C=O) groups excluding carboxylic acids is 1. The van der Waals surface area contributed by atoms with Crippen LogP contribution < -0.4 is 0 Å². The van der Waals surface area contributed by atoms with E-state index in [1.165, 1.54) is 0 Å². The van der Waals surface area contributed by atoms with Crippen LogP contribution in [0.3, 0.4) is 0 Å². The molecule has 0 saturated carbocycles. The maximum Gasteiger partial charge on any atom is 0.394 e. The Morgan fingerprint density at radius 3 is 2.52 bits per heavy atom. The summed E-state index contributed by atoms with van der Waals surface area (Å²) >= 11 is 0. The van der Waals surface area contributed by atoms with Crippen molar-refractivity contribution in [1.29, 1.82) is 0 Å². The Morgan fingerprint density at radius 2 is 1.88 bits per heavy atom. The minimum atomic E-state index is -4.63. The first-order valence-corrected chi connectivity index (χ1v) is 7.88. The van der Waals surface area contributed by atoms with Crippen molar-refractivity contribution in [2.45, 2.75) is 19.1 Å². The van der Waals surface area contributed by atoms with Crippen LogP contribution in [0.1, 0.15) is 6.42 Å². The molecule has 1 N–H and O–H groups in total. The molecule has 1 aliphatic rings. The lowest BCUT2D eigenvalue weighted by Gasteiger charge is -2.18. The number of halogens is 3. The van der Waals surface area contributed by atoms with E-state index in [1.54, 1.807) is 0 Å². The Kier molecular flexibility index (Phi) is 4.45. The van der Waals surface area contributed by atoms with Crippen molar-refractivity contribution in [2.24, 2.45) is 11.8 Å². The summed E-state index contributed by atoms with van der Waals surface area (Å²) < 4.78 is 40.8. The number of carbonyl (C=O) groups is 2. The van der Waals surface area contributed by atoms with E-state index in [-0.39, 0.29) is 6.42 Å². The van der Waals surface area contributed by atoms with Gasteiger partial charge in [0.2, 0.25) is 5.91 Å². The van der Waals surface area contributed by atoms with E-state index >= 15 is 0 Å². The zero-order chi connectivity index (χ0) is 18.2. The van der Waals surface area contributed by atoms with Gasteiger partial charge in [0.15, 0.2) is 0 Å². The smallest absolute Gasteiger partial charge is 0.394 e. The number of aliphatic carboxylic acids is 1. The Morgan fingerprint density at radius 1 is 1.16 bits per heavy atom. The number of hydrogen-bond acceptors (Lipinski definition) is 2. The fraction of sp³-hybridized carbons (Fsp3) is 0.412. The van der Waals surface area contributed by atoms with Crippen LogP contribution in [-0.2, 0) is 16.1 Å². The van der Waals surface area contributed by atoms with E-state index in [2.05, 4.69) is 0 Å². The molecule has 0 radical (unpaired) electrons. The van der Waals surface area contributed by atoms with Gasteiger partial charge in [-0.25, -0.2) is 0 Å². The first-order chi connectivity index (χ1) is 11.8.